The summed E-state index contributed by atoms with van der Waals surface area (Å²) in [5, 5.41) is 8.83. The first-order chi connectivity index (χ1) is 12.4. The summed E-state index contributed by atoms with van der Waals surface area (Å²) in [6.45, 7) is -0.446. The molecule has 0 amide bonds. The molecule has 1 atom stereocenters. The molecule has 0 saturated heterocycles. The van der Waals surface area contributed by atoms with Crippen molar-refractivity contribution in [1.82, 2.24) is 4.90 Å². The lowest BCUT2D eigenvalue weighted by atomic mass is 9.89. The Kier molecular flexibility index (Phi) is 5.45. The maximum absolute atomic E-state index is 14.6. The van der Waals surface area contributed by atoms with Gasteiger partial charge in [-0.3, -0.25) is 0 Å². The molecule has 1 aromatic carbocycles. The van der Waals surface area contributed by atoms with Gasteiger partial charge in [-0.15, -0.1) is 0 Å². The fraction of sp³-hybridized carbons (Fsp3) is 0.353. The van der Waals surface area contributed by atoms with Crippen LogP contribution in [0.3, 0.4) is 0 Å². The van der Waals surface area contributed by atoms with E-state index in [4.69, 9.17) is 10.00 Å². The van der Waals surface area contributed by atoms with E-state index in [2.05, 4.69) is 0 Å². The van der Waals surface area contributed by atoms with Gasteiger partial charge in [0.05, 0.1) is 18.8 Å². The first kappa shape index (κ1) is 20.6. The zero-order chi connectivity index (χ0) is 20.5. The number of rotatable bonds is 4. The Labute approximate surface area is 149 Å². The monoisotopic (exact) mass is 394 g/mol. The Morgan fingerprint density at radius 1 is 1.04 bits per heavy atom. The van der Waals surface area contributed by atoms with Gasteiger partial charge < -0.3 is 9.64 Å². The van der Waals surface area contributed by atoms with E-state index in [1.54, 1.807) is 0 Å². The van der Waals surface area contributed by atoms with Gasteiger partial charge >= 0.3 is 18.0 Å². The third-order valence-corrected chi connectivity index (χ3v) is 4.03. The van der Waals surface area contributed by atoms with Gasteiger partial charge in [-0.2, -0.15) is 31.6 Å². The summed E-state index contributed by atoms with van der Waals surface area (Å²) < 4.78 is 98.4. The average molecular weight is 394 g/mol. The number of nitriles is 1. The van der Waals surface area contributed by atoms with Crippen LogP contribution in [0.4, 0.5) is 30.7 Å². The third-order valence-electron chi connectivity index (χ3n) is 4.03. The van der Waals surface area contributed by atoms with Gasteiger partial charge in [0.2, 0.25) is 0 Å². The molecule has 1 aliphatic rings. The quantitative estimate of drug-likeness (QED) is 0.696. The zero-order valence-electron chi connectivity index (χ0n) is 13.8. The zero-order valence-corrected chi connectivity index (χ0v) is 13.8. The van der Waals surface area contributed by atoms with Crippen LogP contribution < -0.4 is 4.74 Å². The second kappa shape index (κ2) is 7.13. The molecule has 0 spiro atoms. The molecule has 1 aromatic rings. The van der Waals surface area contributed by atoms with Crippen LogP contribution in [0, 0.1) is 11.3 Å². The highest BCUT2D eigenvalue weighted by Gasteiger charge is 2.76. The molecule has 0 aliphatic carbocycles. The van der Waals surface area contributed by atoms with E-state index in [-0.39, 0.29) is 0 Å². The van der Waals surface area contributed by atoms with Crippen molar-refractivity contribution < 1.29 is 35.5 Å². The van der Waals surface area contributed by atoms with Gasteiger partial charge in [0.1, 0.15) is 11.8 Å². The molecule has 0 bridgehead atoms. The Morgan fingerprint density at radius 3 is 2.04 bits per heavy atom. The van der Waals surface area contributed by atoms with E-state index < -0.39 is 36.2 Å². The molecule has 27 heavy (non-hydrogen) atoms. The maximum atomic E-state index is 14.6. The number of nitrogens with zero attached hydrogens (tertiary/aromatic N) is 2. The summed E-state index contributed by atoms with van der Waals surface area (Å²) in [6, 6.07) is 4.42. The van der Waals surface area contributed by atoms with Crippen LogP contribution in [0.1, 0.15) is 5.56 Å². The van der Waals surface area contributed by atoms with Crippen LogP contribution in [0.15, 0.2) is 48.2 Å². The molecule has 1 heterocycles. The van der Waals surface area contributed by atoms with Crippen LogP contribution in [0.25, 0.3) is 0 Å². The largest absolute Gasteiger partial charge is 0.497 e. The molecule has 0 saturated carbocycles. The highest BCUT2D eigenvalue weighted by atomic mass is 19.4. The summed E-state index contributed by atoms with van der Waals surface area (Å²) in [7, 11) is 1.39. The summed E-state index contributed by atoms with van der Waals surface area (Å²) in [4.78, 5) is 0.559. The van der Waals surface area contributed by atoms with E-state index in [9.17, 15) is 30.7 Å². The minimum absolute atomic E-state index is 0.325. The maximum Gasteiger partial charge on any atom is 0.434 e. The van der Waals surface area contributed by atoms with Crippen molar-refractivity contribution in [3.63, 3.8) is 0 Å². The molecule has 1 unspecified atom stereocenters. The lowest BCUT2D eigenvalue weighted by molar-refractivity contribution is -0.352. The number of ether oxygens (including phenoxy) is 1. The van der Waals surface area contributed by atoms with Crippen molar-refractivity contribution in [1.29, 1.82) is 5.26 Å². The molecule has 10 heteroatoms. The Balaban J connectivity index is 2.48. The second-order valence-corrected chi connectivity index (χ2v) is 5.72. The normalized spacial score (nSPS) is 18.1. The predicted molar refractivity (Wildman–Crippen MR) is 81.1 cm³/mol. The van der Waals surface area contributed by atoms with Crippen LogP contribution >= 0.6 is 0 Å². The van der Waals surface area contributed by atoms with E-state index >= 15 is 0 Å². The smallest absolute Gasteiger partial charge is 0.434 e. The number of alkyl halides is 7. The number of hydrogen-bond acceptors (Lipinski definition) is 3. The topological polar surface area (TPSA) is 36.3 Å². The first-order valence-electron chi connectivity index (χ1n) is 7.45. The van der Waals surface area contributed by atoms with Crippen molar-refractivity contribution in [2.24, 2.45) is 0 Å². The van der Waals surface area contributed by atoms with Crippen LogP contribution in [0.5, 0.6) is 5.75 Å². The number of allylic oxidation sites excluding steroid dienone is 2. The average Bonchev–Trinajstić information content (AvgIpc) is 2.60. The Hall–Kier alpha value is -2.70. The SMILES string of the molecule is COc1ccc(CN2C=CC(C#N)=CC2C(F)(C(F)(F)F)C(F)(F)F)cc1. The number of hydrogen-bond donors (Lipinski definition) is 0. The Bertz CT molecular complexity index is 758. The highest BCUT2D eigenvalue weighted by molar-refractivity contribution is 5.39. The van der Waals surface area contributed by atoms with Crippen molar-refractivity contribution in [2.75, 3.05) is 7.11 Å². The second-order valence-electron chi connectivity index (χ2n) is 5.72. The van der Waals surface area contributed by atoms with Gasteiger partial charge in [-0.1, -0.05) is 12.1 Å². The lowest BCUT2D eigenvalue weighted by Gasteiger charge is -2.42. The van der Waals surface area contributed by atoms with Gasteiger partial charge in [-0.25, -0.2) is 4.39 Å². The molecule has 0 N–H and O–H groups in total. The highest BCUT2D eigenvalue weighted by Crippen LogP contribution is 2.51. The van der Waals surface area contributed by atoms with E-state index in [1.807, 2.05) is 0 Å². The minimum atomic E-state index is -6.24. The van der Waals surface area contributed by atoms with Gasteiger partial charge in [-0.05, 0) is 29.8 Å². The van der Waals surface area contributed by atoms with Crippen LogP contribution in [-0.4, -0.2) is 36.1 Å². The molecule has 0 aromatic heterocycles. The van der Waals surface area contributed by atoms with Crippen molar-refractivity contribution in [3.8, 4) is 11.8 Å². The fourth-order valence-corrected chi connectivity index (χ4v) is 2.60. The third kappa shape index (κ3) is 3.86. The molecular weight excluding hydrogens is 381 g/mol. The molecule has 1 aliphatic heterocycles. The summed E-state index contributed by atoms with van der Waals surface area (Å²) in [6.07, 6.45) is -10.3. The van der Waals surface area contributed by atoms with Crippen molar-refractivity contribution >= 4 is 0 Å². The molecule has 0 radical (unpaired) electrons. The molecule has 3 nitrogen and oxygen atoms in total. The molecule has 146 valence electrons. The Morgan fingerprint density at radius 2 is 1.59 bits per heavy atom. The summed E-state index contributed by atoms with van der Waals surface area (Å²) >= 11 is 0. The number of halogens is 7. The molecule has 2 rings (SSSR count). The molecular formula is C17H13F7N2O. The standard InChI is InChI=1S/C17H13F7N2O/c1-27-13-4-2-11(3-5-13)10-26-7-6-12(9-25)8-14(26)15(18,16(19,20)21)17(22,23)24/h2-8,14H,10H2,1H3. The van der Waals surface area contributed by atoms with Gasteiger partial charge in [0.15, 0.2) is 0 Å². The number of benzene rings is 1. The van der Waals surface area contributed by atoms with Crippen LogP contribution in [-0.2, 0) is 6.54 Å². The van der Waals surface area contributed by atoms with Gasteiger partial charge in [0, 0.05) is 12.7 Å². The minimum Gasteiger partial charge on any atom is -0.497 e. The number of methoxy groups -OCH3 is 1. The lowest BCUT2D eigenvalue weighted by Crippen LogP contribution is -2.64. The summed E-state index contributed by atoms with van der Waals surface area (Å²) in [5.41, 5.74) is -5.73. The van der Waals surface area contributed by atoms with E-state index in [0.29, 0.717) is 22.3 Å². The first-order valence-corrected chi connectivity index (χ1v) is 7.45. The van der Waals surface area contributed by atoms with Crippen molar-refractivity contribution in [2.45, 2.75) is 30.6 Å². The molecule has 0 fully saturated rings. The van der Waals surface area contributed by atoms with E-state index in [1.165, 1.54) is 37.4 Å². The van der Waals surface area contributed by atoms with Crippen molar-refractivity contribution in [3.05, 3.63) is 53.8 Å². The van der Waals surface area contributed by atoms with Gasteiger partial charge in [0.25, 0.3) is 0 Å². The predicted octanol–water partition coefficient (Wildman–Crippen LogP) is 4.68. The fourth-order valence-electron chi connectivity index (χ4n) is 2.60. The van der Waals surface area contributed by atoms with E-state index in [0.717, 1.165) is 12.3 Å². The van der Waals surface area contributed by atoms with Crippen LogP contribution in [0.2, 0.25) is 0 Å². The summed E-state index contributed by atoms with van der Waals surface area (Å²) in [5.74, 6) is 0.432.